The second-order valence-electron chi connectivity index (χ2n) is 4.31. The third-order valence-electron chi connectivity index (χ3n) is 3.23. The number of rotatable bonds is 3. The van der Waals surface area contributed by atoms with Crippen LogP contribution in [0.25, 0.3) is 0 Å². The van der Waals surface area contributed by atoms with Gasteiger partial charge in [0.25, 0.3) is 0 Å². The van der Waals surface area contributed by atoms with E-state index in [4.69, 9.17) is 11.6 Å². The maximum Gasteiger partial charge on any atom is 0.140 e. The summed E-state index contributed by atoms with van der Waals surface area (Å²) in [5.74, 6) is -0.982. The van der Waals surface area contributed by atoms with E-state index in [-0.39, 0.29) is 0 Å². The zero-order valence-corrected chi connectivity index (χ0v) is 9.67. The molecule has 0 spiro atoms. The summed E-state index contributed by atoms with van der Waals surface area (Å²) in [6, 6.07) is 7.38. The molecule has 2 N–H and O–H groups in total. The van der Waals surface area contributed by atoms with Crippen molar-refractivity contribution in [3.05, 3.63) is 34.9 Å². The Kier molecular flexibility index (Phi) is 3.17. The first-order chi connectivity index (χ1) is 7.64. The molecule has 4 heteroatoms. The number of carboxylic acid groups (broad SMARTS) is 1. The Morgan fingerprint density at radius 3 is 2.81 bits per heavy atom. The molecule has 0 aliphatic carbocycles. The molecule has 1 saturated heterocycles. The molecule has 1 heterocycles. The van der Waals surface area contributed by atoms with Crippen LogP contribution in [0.2, 0.25) is 5.02 Å². The quantitative estimate of drug-likeness (QED) is 0.790. The van der Waals surface area contributed by atoms with Gasteiger partial charge in [-0.1, -0.05) is 29.8 Å². The highest BCUT2D eigenvalue weighted by Gasteiger charge is 2.39. The summed E-state index contributed by atoms with van der Waals surface area (Å²) in [5.41, 5.74) is 0.0665. The number of halogens is 1. The molecular weight excluding hydrogens is 226 g/mol. The lowest BCUT2D eigenvalue weighted by Crippen LogP contribution is -2.97. The minimum Gasteiger partial charge on any atom is -0.544 e. The van der Waals surface area contributed by atoms with Crippen molar-refractivity contribution in [2.75, 3.05) is 6.54 Å². The molecule has 0 unspecified atom stereocenters. The Bertz CT molecular complexity index is 400. The van der Waals surface area contributed by atoms with E-state index in [0.717, 1.165) is 18.5 Å². The molecule has 86 valence electrons. The van der Waals surface area contributed by atoms with E-state index in [1.807, 2.05) is 23.5 Å². The Hall–Kier alpha value is -1.06. The summed E-state index contributed by atoms with van der Waals surface area (Å²) >= 11 is 6.04. The first-order valence-electron chi connectivity index (χ1n) is 5.43. The Balaban J connectivity index is 2.25. The number of carbonyl (C=O) groups excluding carboxylic acids is 1. The second-order valence-corrected chi connectivity index (χ2v) is 4.72. The molecule has 0 radical (unpaired) electrons. The van der Waals surface area contributed by atoms with Gasteiger partial charge in [0, 0.05) is 24.3 Å². The van der Waals surface area contributed by atoms with Crippen LogP contribution < -0.4 is 10.4 Å². The standard InChI is InChI=1S/C12H14ClNO2/c13-10-5-2-1-4-9(10)8-12(11(15)16)6-3-7-14-12/h1-2,4-5,14H,3,6-8H2,(H,15,16)/t12-/m0/s1. The monoisotopic (exact) mass is 239 g/mol. The molecule has 1 aliphatic rings. The van der Waals surface area contributed by atoms with Gasteiger partial charge in [0.05, 0.1) is 6.54 Å². The van der Waals surface area contributed by atoms with Crippen LogP contribution in [-0.2, 0) is 11.2 Å². The first-order valence-corrected chi connectivity index (χ1v) is 5.81. The fraction of sp³-hybridized carbons (Fsp3) is 0.417. The van der Waals surface area contributed by atoms with Crippen molar-refractivity contribution in [1.82, 2.24) is 0 Å². The molecule has 0 saturated carbocycles. The van der Waals surface area contributed by atoms with Crippen LogP contribution in [-0.4, -0.2) is 18.1 Å². The summed E-state index contributed by atoms with van der Waals surface area (Å²) in [5, 5.41) is 13.7. The van der Waals surface area contributed by atoms with Gasteiger partial charge in [-0.3, -0.25) is 0 Å². The molecular formula is C12H14ClNO2. The Labute approximate surface area is 99.4 Å². The topological polar surface area (TPSA) is 56.7 Å². The number of quaternary nitrogens is 1. The second kappa shape index (κ2) is 4.44. The fourth-order valence-corrected chi connectivity index (χ4v) is 2.50. The largest absolute Gasteiger partial charge is 0.544 e. The normalized spacial score (nSPS) is 24.6. The van der Waals surface area contributed by atoms with Crippen LogP contribution in [0.4, 0.5) is 0 Å². The average Bonchev–Trinajstić information content (AvgIpc) is 2.71. The zero-order chi connectivity index (χ0) is 11.6. The van der Waals surface area contributed by atoms with Gasteiger partial charge in [0.1, 0.15) is 11.5 Å². The van der Waals surface area contributed by atoms with Crippen molar-refractivity contribution in [1.29, 1.82) is 0 Å². The number of carbonyl (C=O) groups is 1. The third kappa shape index (κ3) is 2.06. The number of nitrogens with two attached hydrogens (primary N) is 1. The van der Waals surface area contributed by atoms with Crippen molar-refractivity contribution in [3.8, 4) is 0 Å². The number of aliphatic carboxylic acids is 1. The van der Waals surface area contributed by atoms with E-state index in [0.29, 0.717) is 17.9 Å². The van der Waals surface area contributed by atoms with E-state index < -0.39 is 11.5 Å². The van der Waals surface area contributed by atoms with Crippen molar-refractivity contribution in [2.45, 2.75) is 24.8 Å². The average molecular weight is 240 g/mol. The summed E-state index contributed by atoms with van der Waals surface area (Å²) in [4.78, 5) is 11.3. The predicted octanol–water partition coefficient (Wildman–Crippen LogP) is -0.272. The van der Waals surface area contributed by atoms with E-state index in [2.05, 4.69) is 0 Å². The van der Waals surface area contributed by atoms with Crippen LogP contribution in [0.3, 0.4) is 0 Å². The molecule has 0 bridgehead atoms. The maximum atomic E-state index is 11.3. The molecule has 2 rings (SSSR count). The molecule has 0 amide bonds. The Morgan fingerprint density at radius 2 is 2.25 bits per heavy atom. The number of carboxylic acids is 1. The van der Waals surface area contributed by atoms with Gasteiger partial charge in [-0.25, -0.2) is 0 Å². The lowest BCUT2D eigenvalue weighted by molar-refractivity contribution is -0.700. The highest BCUT2D eigenvalue weighted by atomic mass is 35.5. The molecule has 0 aromatic heterocycles. The number of hydrogen-bond acceptors (Lipinski definition) is 2. The van der Waals surface area contributed by atoms with Gasteiger partial charge < -0.3 is 15.2 Å². The van der Waals surface area contributed by atoms with Crippen LogP contribution in [0.5, 0.6) is 0 Å². The highest BCUT2D eigenvalue weighted by molar-refractivity contribution is 6.31. The van der Waals surface area contributed by atoms with E-state index in [1.54, 1.807) is 6.07 Å². The summed E-state index contributed by atoms with van der Waals surface area (Å²) in [7, 11) is 0. The molecule has 1 atom stereocenters. The van der Waals surface area contributed by atoms with Gasteiger partial charge in [-0.05, 0) is 11.6 Å². The van der Waals surface area contributed by atoms with E-state index >= 15 is 0 Å². The number of hydrogen-bond donors (Lipinski definition) is 1. The Morgan fingerprint density at radius 1 is 1.50 bits per heavy atom. The SMILES string of the molecule is O=C([O-])[C@@]1(Cc2ccccc2Cl)CCC[NH2+]1. The first kappa shape index (κ1) is 11.4. The van der Waals surface area contributed by atoms with Crippen molar-refractivity contribution in [2.24, 2.45) is 0 Å². The van der Waals surface area contributed by atoms with Crippen LogP contribution in [0.15, 0.2) is 24.3 Å². The lowest BCUT2D eigenvalue weighted by atomic mass is 9.89. The maximum absolute atomic E-state index is 11.3. The van der Waals surface area contributed by atoms with Gasteiger partial charge >= 0.3 is 0 Å². The van der Waals surface area contributed by atoms with Gasteiger partial charge in [0.2, 0.25) is 0 Å². The molecule has 1 aromatic rings. The molecule has 16 heavy (non-hydrogen) atoms. The minimum atomic E-state index is -0.982. The van der Waals surface area contributed by atoms with Crippen molar-refractivity contribution >= 4 is 17.6 Å². The molecule has 1 aliphatic heterocycles. The third-order valence-corrected chi connectivity index (χ3v) is 3.60. The zero-order valence-electron chi connectivity index (χ0n) is 8.91. The van der Waals surface area contributed by atoms with Crippen LogP contribution in [0, 0.1) is 0 Å². The lowest BCUT2D eigenvalue weighted by Gasteiger charge is -2.27. The summed E-state index contributed by atoms with van der Waals surface area (Å²) in [6.45, 7) is 0.846. The fourth-order valence-electron chi connectivity index (χ4n) is 2.30. The smallest absolute Gasteiger partial charge is 0.140 e. The van der Waals surface area contributed by atoms with Gasteiger partial charge in [0.15, 0.2) is 0 Å². The van der Waals surface area contributed by atoms with Crippen LogP contribution in [0.1, 0.15) is 18.4 Å². The summed E-state index contributed by atoms with van der Waals surface area (Å²) in [6.07, 6.45) is 2.01. The summed E-state index contributed by atoms with van der Waals surface area (Å²) < 4.78 is 0. The number of benzene rings is 1. The molecule has 1 fully saturated rings. The predicted molar refractivity (Wildman–Crippen MR) is 58.9 cm³/mol. The van der Waals surface area contributed by atoms with Crippen molar-refractivity contribution in [3.63, 3.8) is 0 Å². The van der Waals surface area contributed by atoms with Crippen molar-refractivity contribution < 1.29 is 15.2 Å². The minimum absolute atomic E-state index is 0.439. The van der Waals surface area contributed by atoms with Gasteiger partial charge in [-0.2, -0.15) is 0 Å². The highest BCUT2D eigenvalue weighted by Crippen LogP contribution is 2.23. The van der Waals surface area contributed by atoms with E-state index in [9.17, 15) is 9.90 Å². The molecule has 1 aromatic carbocycles. The van der Waals surface area contributed by atoms with Gasteiger partial charge in [-0.15, -0.1) is 0 Å². The van der Waals surface area contributed by atoms with E-state index in [1.165, 1.54) is 0 Å². The van der Waals surface area contributed by atoms with Crippen LogP contribution >= 0.6 is 11.6 Å². The molecule has 3 nitrogen and oxygen atoms in total.